The number of hydrogen-bond acceptors (Lipinski definition) is 4. The maximum absolute atomic E-state index is 14.3. The SMILES string of the molecule is O=C(Nc1ccc(F)c(Oc2ccc3nccnc3c2)c1)c1ccc(Cl)c(C(F)(F)F)c1. The summed E-state index contributed by atoms with van der Waals surface area (Å²) in [6.45, 7) is 0. The summed E-state index contributed by atoms with van der Waals surface area (Å²) < 4.78 is 58.9. The standard InChI is InChI=1S/C22H12ClF4N3O2/c23-16-4-1-12(9-15(16)22(25,26)27)21(31)30-13-2-5-17(24)20(10-13)32-14-3-6-18-19(11-14)29-8-7-28-18/h1-11H,(H,30,31). The highest BCUT2D eigenvalue weighted by Crippen LogP contribution is 2.35. The number of carbonyl (C=O) groups is 1. The molecule has 10 heteroatoms. The lowest BCUT2D eigenvalue weighted by atomic mass is 10.1. The quantitative estimate of drug-likeness (QED) is 0.353. The predicted molar refractivity (Wildman–Crippen MR) is 110 cm³/mol. The van der Waals surface area contributed by atoms with Crippen LogP contribution in [0.4, 0.5) is 23.2 Å². The number of nitrogens with one attached hydrogen (secondary N) is 1. The molecule has 4 rings (SSSR count). The number of nitrogens with zero attached hydrogens (tertiary/aromatic N) is 2. The van der Waals surface area contributed by atoms with Crippen LogP contribution < -0.4 is 10.1 Å². The van der Waals surface area contributed by atoms with Crippen molar-refractivity contribution in [2.45, 2.75) is 6.18 Å². The molecule has 0 radical (unpaired) electrons. The number of alkyl halides is 3. The summed E-state index contributed by atoms with van der Waals surface area (Å²) in [5.41, 5.74) is -0.105. The van der Waals surface area contributed by atoms with Crippen molar-refractivity contribution in [3.8, 4) is 11.5 Å². The van der Waals surface area contributed by atoms with E-state index in [9.17, 15) is 22.4 Å². The molecule has 3 aromatic carbocycles. The van der Waals surface area contributed by atoms with E-state index in [0.29, 0.717) is 17.1 Å². The number of ether oxygens (including phenoxy) is 1. The zero-order valence-electron chi connectivity index (χ0n) is 16.0. The van der Waals surface area contributed by atoms with Crippen LogP contribution in [0.15, 0.2) is 67.0 Å². The third-order valence-electron chi connectivity index (χ3n) is 4.39. The van der Waals surface area contributed by atoms with Crippen LogP contribution >= 0.6 is 11.6 Å². The van der Waals surface area contributed by atoms with Crippen LogP contribution in [0.3, 0.4) is 0 Å². The van der Waals surface area contributed by atoms with Gasteiger partial charge in [0.1, 0.15) is 5.75 Å². The fraction of sp³-hybridized carbons (Fsp3) is 0.0455. The minimum atomic E-state index is -4.71. The zero-order valence-corrected chi connectivity index (χ0v) is 16.7. The first-order valence-electron chi connectivity index (χ1n) is 9.07. The van der Waals surface area contributed by atoms with Gasteiger partial charge in [0, 0.05) is 35.8 Å². The smallest absolute Gasteiger partial charge is 0.417 e. The lowest BCUT2D eigenvalue weighted by molar-refractivity contribution is -0.137. The van der Waals surface area contributed by atoms with Gasteiger partial charge in [0.05, 0.1) is 21.6 Å². The normalized spacial score (nSPS) is 11.4. The number of halogens is 5. The number of fused-ring (bicyclic) bond motifs is 1. The molecule has 0 saturated heterocycles. The zero-order chi connectivity index (χ0) is 22.9. The number of amides is 1. The Balaban J connectivity index is 1.56. The molecule has 0 atom stereocenters. The summed E-state index contributed by atoms with van der Waals surface area (Å²) in [5, 5.41) is 1.90. The number of aromatic nitrogens is 2. The lowest BCUT2D eigenvalue weighted by Crippen LogP contribution is -2.14. The van der Waals surface area contributed by atoms with Gasteiger partial charge in [-0.2, -0.15) is 13.2 Å². The molecule has 0 saturated carbocycles. The Morgan fingerprint density at radius 2 is 1.69 bits per heavy atom. The molecule has 0 fully saturated rings. The van der Waals surface area contributed by atoms with Crippen molar-refractivity contribution < 1.29 is 27.1 Å². The van der Waals surface area contributed by atoms with Crippen LogP contribution in [0.5, 0.6) is 11.5 Å². The summed E-state index contributed by atoms with van der Waals surface area (Å²) in [7, 11) is 0. The fourth-order valence-corrected chi connectivity index (χ4v) is 3.10. The van der Waals surface area contributed by atoms with Gasteiger partial charge in [0.2, 0.25) is 0 Å². The number of rotatable bonds is 4. The molecule has 0 bridgehead atoms. The molecule has 0 aliphatic rings. The van der Waals surface area contributed by atoms with Gasteiger partial charge >= 0.3 is 6.18 Å². The van der Waals surface area contributed by atoms with Crippen molar-refractivity contribution >= 4 is 34.2 Å². The van der Waals surface area contributed by atoms with Gasteiger partial charge < -0.3 is 10.1 Å². The Kier molecular flexibility index (Phi) is 5.67. The van der Waals surface area contributed by atoms with Crippen LogP contribution in [0.2, 0.25) is 5.02 Å². The molecule has 5 nitrogen and oxygen atoms in total. The second kappa shape index (κ2) is 8.43. The first kappa shape index (κ1) is 21.5. The maximum Gasteiger partial charge on any atom is 0.417 e. The van der Waals surface area contributed by atoms with Crippen LogP contribution in [0, 0.1) is 5.82 Å². The van der Waals surface area contributed by atoms with E-state index in [1.54, 1.807) is 18.2 Å². The number of benzene rings is 3. The van der Waals surface area contributed by atoms with Crippen molar-refractivity contribution in [2.75, 3.05) is 5.32 Å². The average Bonchev–Trinajstić information content (AvgIpc) is 2.75. The highest BCUT2D eigenvalue weighted by Gasteiger charge is 2.33. The summed E-state index contributed by atoms with van der Waals surface area (Å²) in [6, 6.07) is 11.1. The van der Waals surface area contributed by atoms with Gasteiger partial charge in [-0.05, 0) is 42.5 Å². The number of hydrogen-bond donors (Lipinski definition) is 1. The predicted octanol–water partition coefficient (Wildman–Crippen LogP) is 6.49. The summed E-state index contributed by atoms with van der Waals surface area (Å²) in [5.74, 6) is -1.44. The van der Waals surface area contributed by atoms with E-state index in [0.717, 1.165) is 18.2 Å². The van der Waals surface area contributed by atoms with Gasteiger partial charge in [0.15, 0.2) is 11.6 Å². The fourth-order valence-electron chi connectivity index (χ4n) is 2.88. The second-order valence-corrected chi connectivity index (χ2v) is 7.01. The van der Waals surface area contributed by atoms with Gasteiger partial charge in [-0.3, -0.25) is 14.8 Å². The second-order valence-electron chi connectivity index (χ2n) is 6.60. The molecular weight excluding hydrogens is 450 g/mol. The molecule has 0 unspecified atom stereocenters. The van der Waals surface area contributed by atoms with Crippen LogP contribution in [0.1, 0.15) is 15.9 Å². The third kappa shape index (κ3) is 4.62. The van der Waals surface area contributed by atoms with Crippen molar-refractivity contribution in [1.82, 2.24) is 9.97 Å². The number of anilines is 1. The molecule has 4 aromatic rings. The average molecular weight is 462 g/mol. The van der Waals surface area contributed by atoms with Gasteiger partial charge in [0.25, 0.3) is 5.91 Å². The van der Waals surface area contributed by atoms with E-state index in [4.69, 9.17) is 16.3 Å². The molecule has 1 aromatic heterocycles. The first-order valence-corrected chi connectivity index (χ1v) is 9.45. The molecule has 32 heavy (non-hydrogen) atoms. The lowest BCUT2D eigenvalue weighted by Gasteiger charge is -2.12. The molecular formula is C22H12ClF4N3O2. The highest BCUT2D eigenvalue weighted by molar-refractivity contribution is 6.31. The van der Waals surface area contributed by atoms with Gasteiger partial charge in [-0.15, -0.1) is 0 Å². The Morgan fingerprint density at radius 3 is 2.44 bits per heavy atom. The van der Waals surface area contributed by atoms with Crippen LogP contribution in [-0.2, 0) is 6.18 Å². The molecule has 0 aliphatic carbocycles. The van der Waals surface area contributed by atoms with Crippen molar-refractivity contribution in [2.24, 2.45) is 0 Å². The number of carbonyl (C=O) groups excluding carboxylic acids is 1. The van der Waals surface area contributed by atoms with Crippen LogP contribution in [0.25, 0.3) is 11.0 Å². The first-order chi connectivity index (χ1) is 15.2. The Labute approximate surface area is 183 Å². The van der Waals surface area contributed by atoms with E-state index in [2.05, 4.69) is 15.3 Å². The molecule has 1 N–H and O–H groups in total. The topological polar surface area (TPSA) is 64.1 Å². The third-order valence-corrected chi connectivity index (χ3v) is 4.72. The van der Waals surface area contributed by atoms with E-state index < -0.39 is 28.5 Å². The monoisotopic (exact) mass is 461 g/mol. The van der Waals surface area contributed by atoms with Gasteiger partial charge in [-0.1, -0.05) is 11.6 Å². The molecule has 1 amide bonds. The van der Waals surface area contributed by atoms with Gasteiger partial charge in [-0.25, -0.2) is 4.39 Å². The maximum atomic E-state index is 14.3. The minimum absolute atomic E-state index is 0.121. The Hall–Kier alpha value is -3.72. The minimum Gasteiger partial charge on any atom is -0.454 e. The largest absolute Gasteiger partial charge is 0.454 e. The van der Waals surface area contributed by atoms with E-state index in [1.807, 2.05) is 0 Å². The van der Waals surface area contributed by atoms with Crippen molar-refractivity contribution in [1.29, 1.82) is 0 Å². The van der Waals surface area contributed by atoms with E-state index >= 15 is 0 Å². The van der Waals surface area contributed by atoms with E-state index in [1.165, 1.54) is 24.5 Å². The summed E-state index contributed by atoms with van der Waals surface area (Å²) >= 11 is 5.58. The molecule has 162 valence electrons. The molecule has 0 aliphatic heterocycles. The summed E-state index contributed by atoms with van der Waals surface area (Å²) in [6.07, 6.45) is -1.68. The molecule has 0 spiro atoms. The highest BCUT2D eigenvalue weighted by atomic mass is 35.5. The summed E-state index contributed by atoms with van der Waals surface area (Å²) in [4.78, 5) is 20.7. The Bertz CT molecular complexity index is 1330. The van der Waals surface area contributed by atoms with Crippen molar-refractivity contribution in [3.05, 3.63) is 89.0 Å². The van der Waals surface area contributed by atoms with Crippen molar-refractivity contribution in [3.63, 3.8) is 0 Å². The molecule has 1 heterocycles. The Morgan fingerprint density at radius 1 is 0.938 bits per heavy atom. The van der Waals surface area contributed by atoms with E-state index in [-0.39, 0.29) is 22.7 Å². The van der Waals surface area contributed by atoms with Crippen LogP contribution in [-0.4, -0.2) is 15.9 Å².